The number of pyridine rings is 1. The van der Waals surface area contributed by atoms with E-state index in [1.807, 2.05) is 12.4 Å². The lowest BCUT2D eigenvalue weighted by Crippen LogP contribution is -2.33. The van der Waals surface area contributed by atoms with E-state index >= 15 is 0 Å². The zero-order valence-electron chi connectivity index (χ0n) is 17.1. The van der Waals surface area contributed by atoms with E-state index in [9.17, 15) is 8.60 Å². The standard InChI is InChI=1S/C23H24FN5OS/c24-18-2-1-3-19(14-18)26-23-22-20(8-13-31(22)30)27-21(28-23)15-29-11-6-17(7-12-29)16-4-9-25-10-5-16/h1-5,9-10,14,17H,6-8,11-13,15H2,(H,26,27,28). The first-order valence-electron chi connectivity index (χ1n) is 10.6. The smallest absolute Gasteiger partial charge is 0.150 e. The van der Waals surface area contributed by atoms with Crippen LogP contribution in [0.25, 0.3) is 0 Å². The maximum atomic E-state index is 13.6. The summed E-state index contributed by atoms with van der Waals surface area (Å²) in [6.07, 6.45) is 6.58. The van der Waals surface area contributed by atoms with E-state index in [1.165, 1.54) is 17.7 Å². The first-order chi connectivity index (χ1) is 15.2. The summed E-state index contributed by atoms with van der Waals surface area (Å²) in [5.74, 6) is 2.05. The van der Waals surface area contributed by atoms with Gasteiger partial charge in [-0.2, -0.15) is 0 Å². The fourth-order valence-electron chi connectivity index (χ4n) is 4.37. The summed E-state index contributed by atoms with van der Waals surface area (Å²) in [4.78, 5) is 16.6. The average molecular weight is 438 g/mol. The van der Waals surface area contributed by atoms with Crippen LogP contribution in [-0.2, 0) is 23.8 Å². The molecule has 0 spiro atoms. The molecule has 4 heterocycles. The zero-order valence-corrected chi connectivity index (χ0v) is 17.9. The highest BCUT2D eigenvalue weighted by molar-refractivity contribution is 7.85. The number of nitrogens with one attached hydrogen (secondary N) is 1. The molecular weight excluding hydrogens is 413 g/mol. The summed E-state index contributed by atoms with van der Waals surface area (Å²) in [6.45, 7) is 2.61. The molecule has 1 N–H and O–H groups in total. The van der Waals surface area contributed by atoms with Gasteiger partial charge in [0, 0.05) is 30.3 Å². The average Bonchev–Trinajstić information content (AvgIpc) is 3.16. The minimum Gasteiger partial charge on any atom is -0.339 e. The molecule has 2 aliphatic heterocycles. The second-order valence-corrected chi connectivity index (χ2v) is 9.54. The maximum Gasteiger partial charge on any atom is 0.150 e. The fourth-order valence-corrected chi connectivity index (χ4v) is 5.67. The van der Waals surface area contributed by atoms with Crippen LogP contribution in [0.2, 0.25) is 0 Å². The minimum absolute atomic E-state index is 0.325. The second-order valence-electron chi connectivity index (χ2n) is 8.03. The number of aromatic nitrogens is 3. The highest BCUT2D eigenvalue weighted by atomic mass is 32.2. The van der Waals surface area contributed by atoms with Crippen LogP contribution >= 0.6 is 0 Å². The number of benzene rings is 1. The van der Waals surface area contributed by atoms with Crippen molar-refractivity contribution < 1.29 is 8.60 Å². The zero-order chi connectivity index (χ0) is 21.2. The second kappa shape index (κ2) is 8.80. The van der Waals surface area contributed by atoms with Gasteiger partial charge >= 0.3 is 0 Å². The number of piperidine rings is 1. The highest BCUT2D eigenvalue weighted by Crippen LogP contribution is 2.31. The van der Waals surface area contributed by atoms with Gasteiger partial charge < -0.3 is 5.32 Å². The predicted octanol–water partition coefficient (Wildman–Crippen LogP) is 3.80. The molecule has 0 aliphatic carbocycles. The molecule has 1 aromatic carbocycles. The van der Waals surface area contributed by atoms with E-state index in [0.29, 0.717) is 41.0 Å². The quantitative estimate of drug-likeness (QED) is 0.655. The van der Waals surface area contributed by atoms with Crippen molar-refractivity contribution in [2.75, 3.05) is 24.2 Å². The molecule has 1 atom stereocenters. The van der Waals surface area contributed by atoms with Gasteiger partial charge in [0.05, 0.1) is 23.0 Å². The summed E-state index contributed by atoms with van der Waals surface area (Å²) in [5.41, 5.74) is 2.79. The highest BCUT2D eigenvalue weighted by Gasteiger charge is 2.27. The number of anilines is 2. The topological polar surface area (TPSA) is 71.0 Å². The molecule has 160 valence electrons. The molecule has 31 heavy (non-hydrogen) atoms. The molecule has 0 radical (unpaired) electrons. The Morgan fingerprint density at radius 2 is 1.94 bits per heavy atom. The lowest BCUT2D eigenvalue weighted by molar-refractivity contribution is 0.200. The van der Waals surface area contributed by atoms with Crippen molar-refractivity contribution in [1.29, 1.82) is 0 Å². The van der Waals surface area contributed by atoms with Gasteiger partial charge in [0.2, 0.25) is 0 Å². The maximum absolute atomic E-state index is 13.6. The largest absolute Gasteiger partial charge is 0.339 e. The molecule has 1 saturated heterocycles. The monoisotopic (exact) mass is 437 g/mol. The van der Waals surface area contributed by atoms with Crippen LogP contribution in [0.3, 0.4) is 0 Å². The van der Waals surface area contributed by atoms with Gasteiger partial charge in [0.1, 0.15) is 16.5 Å². The van der Waals surface area contributed by atoms with E-state index < -0.39 is 10.8 Å². The van der Waals surface area contributed by atoms with E-state index in [-0.39, 0.29) is 5.82 Å². The molecule has 1 unspecified atom stereocenters. The number of hydrogen-bond acceptors (Lipinski definition) is 6. The van der Waals surface area contributed by atoms with Gasteiger partial charge in [-0.15, -0.1) is 0 Å². The van der Waals surface area contributed by atoms with Gasteiger partial charge in [-0.05, 0) is 67.7 Å². The van der Waals surface area contributed by atoms with Crippen molar-refractivity contribution in [2.45, 2.75) is 36.6 Å². The van der Waals surface area contributed by atoms with Crippen LogP contribution in [0.5, 0.6) is 0 Å². The fraction of sp³-hybridized carbons (Fsp3) is 0.348. The third kappa shape index (κ3) is 4.50. The third-order valence-electron chi connectivity index (χ3n) is 5.95. The molecule has 2 aromatic heterocycles. The van der Waals surface area contributed by atoms with Crippen molar-refractivity contribution in [3.05, 3.63) is 71.7 Å². The normalized spacial score (nSPS) is 19.3. The molecule has 3 aromatic rings. The Balaban J connectivity index is 1.33. The lowest BCUT2D eigenvalue weighted by Gasteiger charge is -2.31. The van der Waals surface area contributed by atoms with Crippen LogP contribution in [0.4, 0.5) is 15.9 Å². The van der Waals surface area contributed by atoms with E-state index in [4.69, 9.17) is 9.97 Å². The SMILES string of the molecule is O=S1CCc2nc(CN3CCC(c4ccncc4)CC3)nc(Nc3cccc(F)c3)c21. The molecule has 6 nitrogen and oxygen atoms in total. The summed E-state index contributed by atoms with van der Waals surface area (Å²) >= 11 is 0. The summed E-state index contributed by atoms with van der Waals surface area (Å²) < 4.78 is 26.1. The van der Waals surface area contributed by atoms with Crippen molar-refractivity contribution in [2.24, 2.45) is 0 Å². The molecule has 2 aliphatic rings. The Hall–Kier alpha value is -2.71. The molecule has 5 rings (SSSR count). The summed E-state index contributed by atoms with van der Waals surface area (Å²) in [6, 6.07) is 10.4. The number of hydrogen-bond donors (Lipinski definition) is 1. The molecule has 0 saturated carbocycles. The Morgan fingerprint density at radius 1 is 1.13 bits per heavy atom. The Morgan fingerprint density at radius 3 is 2.71 bits per heavy atom. The number of fused-ring (bicyclic) bond motifs is 1. The summed E-state index contributed by atoms with van der Waals surface area (Å²) in [5, 5.41) is 3.17. The molecular formula is C23H24FN5OS. The third-order valence-corrected chi connectivity index (χ3v) is 7.41. The Bertz CT molecular complexity index is 1100. The number of rotatable bonds is 5. The van der Waals surface area contributed by atoms with Crippen LogP contribution in [0, 0.1) is 5.82 Å². The van der Waals surface area contributed by atoms with Crippen LogP contribution in [0.15, 0.2) is 53.7 Å². The van der Waals surface area contributed by atoms with Crippen molar-refractivity contribution in [1.82, 2.24) is 19.9 Å². The van der Waals surface area contributed by atoms with E-state index in [2.05, 4.69) is 27.3 Å². The van der Waals surface area contributed by atoms with Crippen molar-refractivity contribution in [3.63, 3.8) is 0 Å². The number of nitrogens with zero attached hydrogens (tertiary/aromatic N) is 4. The summed E-state index contributed by atoms with van der Waals surface area (Å²) in [7, 11) is -1.13. The van der Waals surface area contributed by atoms with Gasteiger partial charge in [0.15, 0.2) is 5.82 Å². The predicted molar refractivity (Wildman–Crippen MR) is 118 cm³/mol. The van der Waals surface area contributed by atoms with Gasteiger partial charge in [-0.25, -0.2) is 14.4 Å². The van der Waals surface area contributed by atoms with Crippen molar-refractivity contribution >= 4 is 22.3 Å². The number of halogens is 1. The number of likely N-dealkylation sites (tertiary alicyclic amines) is 1. The molecule has 8 heteroatoms. The van der Waals surface area contributed by atoms with E-state index in [1.54, 1.807) is 12.1 Å². The molecule has 0 bridgehead atoms. The van der Waals surface area contributed by atoms with Crippen LogP contribution in [-0.4, -0.2) is 42.9 Å². The Labute approximate surface area is 183 Å². The van der Waals surface area contributed by atoms with Crippen LogP contribution in [0.1, 0.15) is 35.8 Å². The first-order valence-corrected chi connectivity index (χ1v) is 11.9. The first kappa shape index (κ1) is 20.2. The van der Waals surface area contributed by atoms with Gasteiger partial charge in [-0.1, -0.05) is 6.07 Å². The lowest BCUT2D eigenvalue weighted by atomic mass is 9.90. The van der Waals surface area contributed by atoms with E-state index in [0.717, 1.165) is 37.4 Å². The Kier molecular flexibility index (Phi) is 5.74. The van der Waals surface area contributed by atoms with Crippen LogP contribution < -0.4 is 5.32 Å². The molecule has 0 amide bonds. The minimum atomic E-state index is -1.13. The molecule has 1 fully saturated rings. The van der Waals surface area contributed by atoms with Gasteiger partial charge in [0.25, 0.3) is 0 Å². The number of aryl methyl sites for hydroxylation is 1. The van der Waals surface area contributed by atoms with Crippen molar-refractivity contribution in [3.8, 4) is 0 Å². The van der Waals surface area contributed by atoms with Gasteiger partial charge in [-0.3, -0.25) is 14.1 Å².